The van der Waals surface area contributed by atoms with E-state index in [1.807, 2.05) is 30.3 Å². The summed E-state index contributed by atoms with van der Waals surface area (Å²) in [7, 11) is 0. The van der Waals surface area contributed by atoms with E-state index in [-0.39, 0.29) is 12.5 Å². The van der Waals surface area contributed by atoms with Crippen LogP contribution in [-0.4, -0.2) is 15.5 Å². The minimum absolute atomic E-state index is 0.0733. The van der Waals surface area contributed by atoms with Gasteiger partial charge in [-0.05, 0) is 29.7 Å². The molecule has 2 N–H and O–H groups in total. The zero-order valence-electron chi connectivity index (χ0n) is 12.8. The number of oxazole rings is 1. The van der Waals surface area contributed by atoms with E-state index in [0.29, 0.717) is 17.6 Å². The van der Waals surface area contributed by atoms with Gasteiger partial charge in [0.15, 0.2) is 5.58 Å². The van der Waals surface area contributed by atoms with Crippen LogP contribution in [0, 0.1) is 0 Å². The van der Waals surface area contributed by atoms with Gasteiger partial charge in [0, 0.05) is 11.2 Å². The number of hydrogen-bond donors (Lipinski definition) is 2. The van der Waals surface area contributed by atoms with Gasteiger partial charge in [0.25, 0.3) is 0 Å². The predicted molar refractivity (Wildman–Crippen MR) is 90.6 cm³/mol. The van der Waals surface area contributed by atoms with Gasteiger partial charge in [0.1, 0.15) is 6.54 Å². The van der Waals surface area contributed by atoms with Gasteiger partial charge in [-0.2, -0.15) is 0 Å². The van der Waals surface area contributed by atoms with Crippen molar-refractivity contribution in [1.29, 1.82) is 0 Å². The fourth-order valence-corrected chi connectivity index (χ4v) is 2.79. The summed E-state index contributed by atoms with van der Waals surface area (Å²) in [5.41, 5.74) is 3.03. The zero-order valence-corrected chi connectivity index (χ0v) is 12.8. The molecule has 120 valence electrons. The van der Waals surface area contributed by atoms with Gasteiger partial charge < -0.3 is 14.7 Å². The molecule has 4 aromatic rings. The van der Waals surface area contributed by atoms with Crippen molar-refractivity contribution in [3.63, 3.8) is 0 Å². The molecule has 0 saturated heterocycles. The van der Waals surface area contributed by atoms with Gasteiger partial charge in [-0.3, -0.25) is 9.36 Å². The number of carbonyl (C=O) groups is 1. The average Bonchev–Trinajstić information content (AvgIpc) is 3.14. The number of nitrogens with zero attached hydrogens (tertiary/aromatic N) is 1. The summed E-state index contributed by atoms with van der Waals surface area (Å²) in [4.78, 5) is 27.3. The molecule has 6 heteroatoms. The first-order valence-electron chi connectivity index (χ1n) is 7.62. The van der Waals surface area contributed by atoms with E-state index in [4.69, 9.17) is 4.42 Å². The highest BCUT2D eigenvalue weighted by Crippen LogP contribution is 2.14. The molecule has 0 bridgehead atoms. The standard InChI is InChI=1S/C18H15N3O3/c22-17(11-21-15-7-3-4-8-16(15)24-18(21)23)19-10-13-9-12-5-1-2-6-14(12)20-13/h1-9,20H,10-11H2,(H,19,22). The van der Waals surface area contributed by atoms with Crippen molar-refractivity contribution < 1.29 is 9.21 Å². The number of para-hydroxylation sites is 3. The Morgan fingerprint density at radius 2 is 1.92 bits per heavy atom. The summed E-state index contributed by atoms with van der Waals surface area (Å²) in [6.45, 7) is 0.300. The SMILES string of the molecule is O=C(Cn1c(=O)oc2ccccc21)NCc1cc2ccccc2[nH]1. The molecule has 2 heterocycles. The maximum Gasteiger partial charge on any atom is 0.420 e. The van der Waals surface area contributed by atoms with Crippen LogP contribution >= 0.6 is 0 Å². The number of amides is 1. The molecule has 2 aromatic heterocycles. The second-order valence-electron chi connectivity index (χ2n) is 5.58. The summed E-state index contributed by atoms with van der Waals surface area (Å²) in [6, 6.07) is 17.0. The number of H-pyrrole nitrogens is 1. The van der Waals surface area contributed by atoms with Crippen LogP contribution in [0.4, 0.5) is 0 Å². The van der Waals surface area contributed by atoms with E-state index >= 15 is 0 Å². The van der Waals surface area contributed by atoms with Crippen LogP contribution in [0.2, 0.25) is 0 Å². The van der Waals surface area contributed by atoms with Crippen LogP contribution in [0.15, 0.2) is 63.8 Å². The number of nitrogens with one attached hydrogen (secondary N) is 2. The third-order valence-electron chi connectivity index (χ3n) is 3.94. The van der Waals surface area contributed by atoms with Crippen LogP contribution in [-0.2, 0) is 17.9 Å². The number of hydrogen-bond acceptors (Lipinski definition) is 3. The van der Waals surface area contributed by atoms with Crippen molar-refractivity contribution in [2.24, 2.45) is 0 Å². The van der Waals surface area contributed by atoms with Crippen molar-refractivity contribution in [3.05, 3.63) is 70.8 Å². The molecule has 1 amide bonds. The van der Waals surface area contributed by atoms with Gasteiger partial charge in [0.2, 0.25) is 5.91 Å². The lowest BCUT2D eigenvalue weighted by atomic mass is 10.2. The third-order valence-corrected chi connectivity index (χ3v) is 3.94. The maximum atomic E-state index is 12.2. The van der Waals surface area contributed by atoms with Crippen molar-refractivity contribution in [2.45, 2.75) is 13.1 Å². The molecule has 0 fully saturated rings. The molecular weight excluding hydrogens is 306 g/mol. The fourth-order valence-electron chi connectivity index (χ4n) is 2.79. The van der Waals surface area contributed by atoms with Crippen LogP contribution in [0.3, 0.4) is 0 Å². The van der Waals surface area contributed by atoms with Crippen LogP contribution in [0.1, 0.15) is 5.69 Å². The van der Waals surface area contributed by atoms with Crippen molar-refractivity contribution in [1.82, 2.24) is 14.9 Å². The number of rotatable bonds is 4. The molecule has 0 spiro atoms. The summed E-state index contributed by atoms with van der Waals surface area (Å²) in [5, 5.41) is 3.91. The number of fused-ring (bicyclic) bond motifs is 2. The highest BCUT2D eigenvalue weighted by molar-refractivity contribution is 5.81. The minimum atomic E-state index is -0.531. The molecule has 4 rings (SSSR count). The second-order valence-corrected chi connectivity index (χ2v) is 5.58. The highest BCUT2D eigenvalue weighted by Gasteiger charge is 2.12. The number of benzene rings is 2. The zero-order chi connectivity index (χ0) is 16.5. The molecular formula is C18H15N3O3. The van der Waals surface area contributed by atoms with E-state index in [0.717, 1.165) is 16.6 Å². The second kappa shape index (κ2) is 5.73. The first-order valence-corrected chi connectivity index (χ1v) is 7.62. The predicted octanol–water partition coefficient (Wildman–Crippen LogP) is 2.39. The Bertz CT molecular complexity index is 1050. The molecule has 0 radical (unpaired) electrons. The van der Waals surface area contributed by atoms with E-state index in [9.17, 15) is 9.59 Å². The smallest absolute Gasteiger partial charge is 0.408 e. The lowest BCUT2D eigenvalue weighted by Crippen LogP contribution is -2.30. The summed E-state index contributed by atoms with van der Waals surface area (Å²) >= 11 is 0. The summed E-state index contributed by atoms with van der Waals surface area (Å²) in [5.74, 6) is -0.778. The summed E-state index contributed by atoms with van der Waals surface area (Å²) in [6.07, 6.45) is 0. The topological polar surface area (TPSA) is 80.0 Å². The quantitative estimate of drug-likeness (QED) is 0.606. The van der Waals surface area contributed by atoms with Gasteiger partial charge in [-0.1, -0.05) is 30.3 Å². The Labute approximate surface area is 136 Å². The Hall–Kier alpha value is -3.28. The molecule has 0 unspecified atom stereocenters. The number of carbonyl (C=O) groups excluding carboxylic acids is 1. The van der Waals surface area contributed by atoms with Gasteiger partial charge in [-0.15, -0.1) is 0 Å². The van der Waals surface area contributed by atoms with E-state index in [1.54, 1.807) is 24.3 Å². The fraction of sp³-hybridized carbons (Fsp3) is 0.111. The minimum Gasteiger partial charge on any atom is -0.408 e. The van der Waals surface area contributed by atoms with E-state index in [1.165, 1.54) is 4.57 Å². The van der Waals surface area contributed by atoms with Crippen molar-refractivity contribution in [2.75, 3.05) is 0 Å². The first-order chi connectivity index (χ1) is 11.7. The average molecular weight is 321 g/mol. The Morgan fingerprint density at radius 1 is 1.12 bits per heavy atom. The van der Waals surface area contributed by atoms with Crippen LogP contribution in [0.5, 0.6) is 0 Å². The molecule has 0 aliphatic carbocycles. The van der Waals surface area contributed by atoms with Gasteiger partial charge >= 0.3 is 5.76 Å². The molecule has 0 aliphatic rings. The Kier molecular flexibility index (Phi) is 3.42. The number of aromatic amines is 1. The molecule has 6 nitrogen and oxygen atoms in total. The molecule has 0 saturated carbocycles. The Balaban J connectivity index is 1.48. The Morgan fingerprint density at radius 3 is 2.79 bits per heavy atom. The maximum absolute atomic E-state index is 12.2. The monoisotopic (exact) mass is 321 g/mol. The van der Waals surface area contributed by atoms with Crippen molar-refractivity contribution >= 4 is 27.9 Å². The van der Waals surface area contributed by atoms with E-state index < -0.39 is 5.76 Å². The van der Waals surface area contributed by atoms with Gasteiger partial charge in [-0.25, -0.2) is 4.79 Å². The molecule has 0 aliphatic heterocycles. The normalized spacial score (nSPS) is 11.2. The third kappa shape index (κ3) is 2.58. The lowest BCUT2D eigenvalue weighted by molar-refractivity contribution is -0.121. The molecule has 24 heavy (non-hydrogen) atoms. The van der Waals surface area contributed by atoms with Crippen molar-refractivity contribution in [3.8, 4) is 0 Å². The van der Waals surface area contributed by atoms with E-state index in [2.05, 4.69) is 10.3 Å². The molecule has 0 atom stereocenters. The molecule has 2 aromatic carbocycles. The van der Waals surface area contributed by atoms with Gasteiger partial charge in [0.05, 0.1) is 12.1 Å². The number of aromatic nitrogens is 2. The van der Waals surface area contributed by atoms with Crippen LogP contribution < -0.4 is 11.1 Å². The lowest BCUT2D eigenvalue weighted by Gasteiger charge is -2.04. The summed E-state index contributed by atoms with van der Waals surface area (Å²) < 4.78 is 6.45. The first kappa shape index (κ1) is 14.3. The largest absolute Gasteiger partial charge is 0.420 e. The highest BCUT2D eigenvalue weighted by atomic mass is 16.4. The van der Waals surface area contributed by atoms with Crippen LogP contribution in [0.25, 0.3) is 22.0 Å².